The monoisotopic (exact) mass is 521 g/mol. The fraction of sp³-hybridized carbons (Fsp3) is 0.321. The topological polar surface area (TPSA) is 84.1 Å². The molecule has 1 aliphatic carbocycles. The zero-order valence-electron chi connectivity index (χ0n) is 20.8. The summed E-state index contributed by atoms with van der Waals surface area (Å²) >= 11 is 7.80. The quantitative estimate of drug-likeness (QED) is 0.222. The van der Waals surface area contributed by atoms with Crippen molar-refractivity contribution in [2.24, 2.45) is 0 Å². The Morgan fingerprint density at radius 2 is 2.00 bits per heavy atom. The average Bonchev–Trinajstić information content (AvgIpc) is 3.36. The number of carbonyl (C=O) groups is 2. The minimum absolute atomic E-state index is 0.0225. The lowest BCUT2D eigenvalue weighted by Crippen LogP contribution is -2.14. The average molecular weight is 522 g/mol. The van der Waals surface area contributed by atoms with Crippen LogP contribution in [0.1, 0.15) is 63.1 Å². The Labute approximate surface area is 220 Å². The van der Waals surface area contributed by atoms with Gasteiger partial charge in [-0.3, -0.25) is 4.79 Å². The lowest BCUT2D eigenvalue weighted by molar-refractivity contribution is -0.112. The molecule has 1 aromatic carbocycles. The van der Waals surface area contributed by atoms with Crippen LogP contribution >= 0.6 is 22.9 Å². The van der Waals surface area contributed by atoms with Crippen molar-refractivity contribution in [3.05, 3.63) is 73.4 Å². The molecule has 6 nitrogen and oxygen atoms in total. The molecule has 0 radical (unpaired) electrons. The van der Waals surface area contributed by atoms with Gasteiger partial charge in [0.1, 0.15) is 16.6 Å². The Balaban J connectivity index is 1.74. The zero-order valence-corrected chi connectivity index (χ0v) is 22.4. The highest BCUT2D eigenvalue weighted by molar-refractivity contribution is 7.15. The van der Waals surface area contributed by atoms with Crippen molar-refractivity contribution in [3.8, 4) is 11.1 Å². The second kappa shape index (κ2) is 10.7. The highest BCUT2D eigenvalue weighted by Gasteiger charge is 2.28. The molecule has 8 heteroatoms. The minimum Gasteiger partial charge on any atom is -0.462 e. The first-order valence-electron chi connectivity index (χ1n) is 12.0. The zero-order chi connectivity index (χ0) is 26.0. The van der Waals surface area contributed by atoms with Crippen molar-refractivity contribution < 1.29 is 14.3 Å². The van der Waals surface area contributed by atoms with E-state index in [1.165, 1.54) is 4.88 Å². The third-order valence-electron chi connectivity index (χ3n) is 6.49. The van der Waals surface area contributed by atoms with Gasteiger partial charge >= 0.3 is 5.97 Å². The van der Waals surface area contributed by atoms with Crippen LogP contribution in [-0.2, 0) is 22.4 Å². The molecule has 0 spiro atoms. The molecule has 2 aromatic heterocycles. The first kappa shape index (κ1) is 25.7. The largest absolute Gasteiger partial charge is 0.462 e. The molecule has 36 heavy (non-hydrogen) atoms. The van der Waals surface area contributed by atoms with Crippen LogP contribution in [-0.4, -0.2) is 23.1 Å². The highest BCUT2D eigenvalue weighted by Crippen LogP contribution is 2.39. The number of nitrogens with zero attached hydrogens (tertiary/aromatic N) is 2. The first-order valence-corrected chi connectivity index (χ1v) is 13.2. The van der Waals surface area contributed by atoms with Gasteiger partial charge in [-0.1, -0.05) is 17.7 Å². The first-order chi connectivity index (χ1) is 17.3. The van der Waals surface area contributed by atoms with E-state index in [1.807, 2.05) is 44.4 Å². The SMILES string of the molecule is CCOC(=O)c1c(-n2c(C)cc(C=C(C#N)C(=O)Nc3cccc(Cl)c3C)c2C)sc2c1CCCC2. The standard InChI is InChI=1S/C28H28ClN3O3S/c1-5-35-28(34)25-21-9-6-7-12-24(21)36-27(25)32-16(2)13-19(18(32)4)14-20(15-30)26(33)31-23-11-8-10-22(29)17(23)3/h8,10-11,13-14H,5-7,9,12H2,1-4H3,(H,31,33). The predicted octanol–water partition coefficient (Wildman–Crippen LogP) is 6.72. The molecule has 1 N–H and O–H groups in total. The number of nitrogens with one attached hydrogen (secondary N) is 1. The van der Waals surface area contributed by atoms with Gasteiger partial charge in [-0.05, 0) is 94.3 Å². The number of benzene rings is 1. The van der Waals surface area contributed by atoms with Crippen LogP contribution in [0.3, 0.4) is 0 Å². The second-order valence-corrected chi connectivity index (χ2v) is 10.3. The van der Waals surface area contributed by atoms with Gasteiger partial charge in [-0.2, -0.15) is 5.26 Å². The van der Waals surface area contributed by atoms with Crippen LogP contribution in [0.4, 0.5) is 5.69 Å². The van der Waals surface area contributed by atoms with Crippen LogP contribution in [0.2, 0.25) is 5.02 Å². The van der Waals surface area contributed by atoms with Crippen LogP contribution in [0.25, 0.3) is 11.1 Å². The van der Waals surface area contributed by atoms with Crippen molar-refractivity contribution in [1.82, 2.24) is 4.57 Å². The maximum absolute atomic E-state index is 13.0. The predicted molar refractivity (Wildman–Crippen MR) is 144 cm³/mol. The molecule has 0 bridgehead atoms. The number of hydrogen-bond donors (Lipinski definition) is 1. The van der Waals surface area contributed by atoms with Gasteiger partial charge in [0, 0.05) is 27.0 Å². The van der Waals surface area contributed by atoms with Crippen LogP contribution in [0.15, 0.2) is 29.8 Å². The Morgan fingerprint density at radius 3 is 2.72 bits per heavy atom. The van der Waals surface area contributed by atoms with Crippen LogP contribution in [0.5, 0.6) is 0 Å². The Bertz CT molecular complexity index is 1420. The van der Waals surface area contributed by atoms with Crippen LogP contribution < -0.4 is 5.32 Å². The molecule has 0 aliphatic heterocycles. The van der Waals surface area contributed by atoms with E-state index in [1.54, 1.807) is 35.6 Å². The van der Waals surface area contributed by atoms with Crippen molar-refractivity contribution in [3.63, 3.8) is 0 Å². The van der Waals surface area contributed by atoms with Gasteiger partial charge in [-0.15, -0.1) is 11.3 Å². The molecular weight excluding hydrogens is 494 g/mol. The summed E-state index contributed by atoms with van der Waals surface area (Å²) in [6.45, 7) is 7.82. The van der Waals surface area contributed by atoms with E-state index < -0.39 is 5.91 Å². The van der Waals surface area contributed by atoms with Crippen LogP contribution in [0, 0.1) is 32.1 Å². The van der Waals surface area contributed by atoms with Gasteiger partial charge < -0.3 is 14.6 Å². The molecule has 2 heterocycles. The third-order valence-corrected chi connectivity index (χ3v) is 8.17. The summed E-state index contributed by atoms with van der Waals surface area (Å²) < 4.78 is 7.46. The van der Waals surface area contributed by atoms with Crippen molar-refractivity contribution in [2.45, 2.75) is 53.4 Å². The number of nitriles is 1. The van der Waals surface area contributed by atoms with E-state index in [4.69, 9.17) is 16.3 Å². The molecule has 3 aromatic rings. The number of ether oxygens (including phenoxy) is 1. The van der Waals surface area contributed by atoms with Crippen molar-refractivity contribution >= 4 is 46.6 Å². The number of aromatic nitrogens is 1. The van der Waals surface area contributed by atoms with E-state index in [-0.39, 0.29) is 11.5 Å². The summed E-state index contributed by atoms with van der Waals surface area (Å²) in [5, 5.41) is 13.9. The Kier molecular flexibility index (Phi) is 7.67. The van der Waals surface area contributed by atoms with E-state index >= 15 is 0 Å². The summed E-state index contributed by atoms with van der Waals surface area (Å²) in [4.78, 5) is 27.1. The number of esters is 1. The van der Waals surface area contributed by atoms with Crippen molar-refractivity contribution in [2.75, 3.05) is 11.9 Å². The number of carbonyl (C=O) groups excluding carboxylic acids is 2. The molecule has 0 saturated heterocycles. The molecule has 186 valence electrons. The molecule has 0 saturated carbocycles. The molecule has 1 aliphatic rings. The lowest BCUT2D eigenvalue weighted by Gasteiger charge is -2.13. The molecule has 4 rings (SSSR count). The number of rotatable bonds is 6. The van der Waals surface area contributed by atoms with Gasteiger partial charge in [-0.25, -0.2) is 4.79 Å². The fourth-order valence-electron chi connectivity index (χ4n) is 4.61. The highest BCUT2D eigenvalue weighted by atomic mass is 35.5. The smallest absolute Gasteiger partial charge is 0.341 e. The van der Waals surface area contributed by atoms with E-state index in [2.05, 4.69) is 5.32 Å². The maximum Gasteiger partial charge on any atom is 0.341 e. The number of aryl methyl sites for hydroxylation is 2. The Morgan fingerprint density at radius 1 is 1.25 bits per heavy atom. The second-order valence-electron chi connectivity index (χ2n) is 8.81. The normalized spacial score (nSPS) is 13.2. The summed E-state index contributed by atoms with van der Waals surface area (Å²) in [6, 6.07) is 9.19. The Hall–Kier alpha value is -3.34. The summed E-state index contributed by atoms with van der Waals surface area (Å²) in [6.07, 6.45) is 5.58. The fourth-order valence-corrected chi connectivity index (χ4v) is 6.27. The van der Waals surface area contributed by atoms with Gasteiger partial charge in [0.25, 0.3) is 5.91 Å². The van der Waals surface area contributed by atoms with E-state index in [0.29, 0.717) is 22.9 Å². The number of hydrogen-bond acceptors (Lipinski definition) is 5. The molecule has 0 fully saturated rings. The summed E-state index contributed by atoms with van der Waals surface area (Å²) in [7, 11) is 0. The van der Waals surface area contributed by atoms with E-state index in [0.717, 1.165) is 58.8 Å². The number of thiophene rings is 1. The van der Waals surface area contributed by atoms with Gasteiger partial charge in [0.15, 0.2) is 0 Å². The maximum atomic E-state index is 13.0. The molecule has 0 unspecified atom stereocenters. The van der Waals surface area contributed by atoms with Gasteiger partial charge in [0.2, 0.25) is 0 Å². The molecule has 0 atom stereocenters. The summed E-state index contributed by atoms with van der Waals surface area (Å²) in [5.74, 6) is -0.808. The van der Waals surface area contributed by atoms with E-state index in [9.17, 15) is 14.9 Å². The van der Waals surface area contributed by atoms with Gasteiger partial charge in [0.05, 0.1) is 12.2 Å². The molecule has 1 amide bonds. The minimum atomic E-state index is -0.508. The number of amides is 1. The number of halogens is 1. The summed E-state index contributed by atoms with van der Waals surface area (Å²) in [5.41, 5.74) is 5.50. The lowest BCUT2D eigenvalue weighted by atomic mass is 9.95. The number of anilines is 1. The molecular formula is C28H28ClN3O3S. The third kappa shape index (κ3) is 4.84. The number of fused-ring (bicyclic) bond motifs is 1. The van der Waals surface area contributed by atoms with Crippen molar-refractivity contribution in [1.29, 1.82) is 5.26 Å².